The Bertz CT molecular complexity index is 3170. The topological polar surface area (TPSA) is 269 Å². The Hall–Kier alpha value is -7.79. The van der Waals surface area contributed by atoms with Crippen LogP contribution < -0.4 is 22.5 Å². The molecule has 18 heteroatoms. The number of aromatic nitrogens is 6. The third kappa shape index (κ3) is 13.9. The van der Waals surface area contributed by atoms with Crippen LogP contribution in [-0.2, 0) is 25.9 Å². The minimum atomic E-state index is -0.951. The Labute approximate surface area is 403 Å². The molecule has 6 aromatic heterocycles. The summed E-state index contributed by atoms with van der Waals surface area (Å²) in [5.41, 5.74) is 26.4. The maximum Gasteiger partial charge on any atom is 0.335 e. The van der Waals surface area contributed by atoms with Gasteiger partial charge in [0, 0.05) is 89.8 Å². The van der Waals surface area contributed by atoms with Crippen molar-refractivity contribution in [2.24, 2.45) is 5.73 Å². The number of halogens is 3. The van der Waals surface area contributed by atoms with E-state index in [1.165, 1.54) is 12.3 Å². The molecule has 0 bridgehead atoms. The molecule has 0 saturated carbocycles. The highest BCUT2D eigenvalue weighted by atomic mass is 35.5. The summed E-state index contributed by atoms with van der Waals surface area (Å²) < 4.78 is 0. The number of carbonyl (C=O) groups is 2. The van der Waals surface area contributed by atoms with E-state index in [1.54, 1.807) is 55.8 Å². The van der Waals surface area contributed by atoms with Crippen molar-refractivity contribution in [3.05, 3.63) is 187 Å². The van der Waals surface area contributed by atoms with Gasteiger partial charge in [-0.05, 0) is 109 Å². The van der Waals surface area contributed by atoms with E-state index < -0.39 is 5.97 Å². The SMILES string of the molecule is C.Cc1nc(N)c(C#N)cc1CN.Cc1nc(N)c(C#N)cc1CNC(=O)c1ccnc(Cc2ccc3ncc(Cl)cc3c2)c1.Cl.O=C(O)c1ccnc(Cc2ccc3ncc(Cl)cc3c2)c1. The number of pyridine rings is 6. The van der Waals surface area contributed by atoms with Crippen molar-refractivity contribution in [1.29, 1.82) is 10.5 Å². The second-order valence-electron chi connectivity index (χ2n) is 14.5. The number of anilines is 2. The average Bonchev–Trinajstić information content (AvgIpc) is 3.29. The number of carboxylic acid groups (broad SMARTS) is 1. The standard InChI is InChI=1S/C24H19ClN6O.C16H11ClN2O2.C8H10N4.CH4.ClH/c1-14-19(8-18(11-26)23(27)31-14)12-30-24(32)16-4-5-28-21(10-16)7-15-2-3-22-17(6-15)9-20(25)13-29-22;17-13-7-12-5-10(1-2-15(12)19-9-13)6-14-8-11(16(20)21)3-4-18-14;1-5-6(3-9)2-7(4-10)8(11)12-5;;/h2-6,8-10,13H,7,12H2,1H3,(H2,27,31)(H,30,32);1-5,7-9H,6H2,(H,20,21);2H,3,9H2,1H3,(H2,11,12);1H4;1H. The molecule has 0 aliphatic rings. The van der Waals surface area contributed by atoms with E-state index in [2.05, 4.69) is 35.2 Å². The predicted molar refractivity (Wildman–Crippen MR) is 264 cm³/mol. The van der Waals surface area contributed by atoms with Crippen LogP contribution in [0.2, 0.25) is 10.0 Å². The Morgan fingerprint density at radius 2 is 1.13 bits per heavy atom. The maximum atomic E-state index is 12.7. The van der Waals surface area contributed by atoms with Crippen LogP contribution in [0.15, 0.2) is 110 Å². The first-order valence-corrected chi connectivity index (χ1v) is 20.5. The largest absolute Gasteiger partial charge is 0.478 e. The molecule has 0 saturated heterocycles. The van der Waals surface area contributed by atoms with Crippen LogP contribution in [0.4, 0.5) is 11.6 Å². The number of nitriles is 2. The van der Waals surface area contributed by atoms with Gasteiger partial charge in [0.1, 0.15) is 23.8 Å². The van der Waals surface area contributed by atoms with E-state index in [4.69, 9.17) is 56.0 Å². The number of hydrogen-bond acceptors (Lipinski definition) is 13. The Kier molecular flexibility index (Phi) is 18.5. The van der Waals surface area contributed by atoms with Gasteiger partial charge in [-0.3, -0.25) is 24.7 Å². The number of benzene rings is 2. The van der Waals surface area contributed by atoms with Gasteiger partial charge in [-0.25, -0.2) is 14.8 Å². The lowest BCUT2D eigenvalue weighted by atomic mass is 10.0. The average molecular weight is 956 g/mol. The summed E-state index contributed by atoms with van der Waals surface area (Å²) in [5, 5.41) is 32.7. The van der Waals surface area contributed by atoms with E-state index in [0.29, 0.717) is 51.9 Å². The van der Waals surface area contributed by atoms with Gasteiger partial charge in [-0.1, -0.05) is 42.8 Å². The molecule has 0 spiro atoms. The molecule has 0 aliphatic heterocycles. The zero-order valence-corrected chi connectivity index (χ0v) is 37.8. The second-order valence-corrected chi connectivity index (χ2v) is 15.4. The molecule has 8 N–H and O–H groups in total. The highest BCUT2D eigenvalue weighted by molar-refractivity contribution is 6.31. The highest BCUT2D eigenvalue weighted by Gasteiger charge is 2.12. The lowest BCUT2D eigenvalue weighted by molar-refractivity contribution is 0.0696. The first-order valence-electron chi connectivity index (χ1n) is 19.8. The number of aryl methyl sites for hydroxylation is 2. The summed E-state index contributed by atoms with van der Waals surface area (Å²) in [6.45, 7) is 4.23. The van der Waals surface area contributed by atoms with Gasteiger partial charge in [-0.2, -0.15) is 10.5 Å². The van der Waals surface area contributed by atoms with Gasteiger partial charge < -0.3 is 27.6 Å². The molecule has 0 radical (unpaired) electrons. The molecule has 0 atom stereocenters. The Balaban J connectivity index is 0.000000241. The Morgan fingerprint density at radius 3 is 1.61 bits per heavy atom. The molecule has 1 amide bonds. The minimum Gasteiger partial charge on any atom is -0.478 e. The molecule has 67 heavy (non-hydrogen) atoms. The fourth-order valence-corrected chi connectivity index (χ4v) is 6.88. The number of nitrogens with zero attached hydrogens (tertiary/aromatic N) is 8. The predicted octanol–water partition coefficient (Wildman–Crippen LogP) is 8.89. The number of nitrogen functional groups attached to an aromatic ring is 2. The minimum absolute atomic E-state index is 0. The van der Waals surface area contributed by atoms with Crippen molar-refractivity contribution >= 4 is 80.9 Å². The number of nitrogens with one attached hydrogen (secondary N) is 1. The number of carbonyl (C=O) groups excluding carboxylic acids is 1. The van der Waals surface area contributed by atoms with Crippen LogP contribution in [0.5, 0.6) is 0 Å². The second kappa shape index (κ2) is 23.9. The van der Waals surface area contributed by atoms with Gasteiger partial charge in [0.05, 0.1) is 37.8 Å². The van der Waals surface area contributed by atoms with Crippen molar-refractivity contribution in [1.82, 2.24) is 35.2 Å². The van der Waals surface area contributed by atoms with E-state index in [9.17, 15) is 9.59 Å². The fraction of sp³-hybridized carbons (Fsp3) is 0.143. The van der Waals surface area contributed by atoms with E-state index >= 15 is 0 Å². The molecule has 6 heterocycles. The third-order valence-electron chi connectivity index (χ3n) is 9.93. The van der Waals surface area contributed by atoms with E-state index in [1.807, 2.05) is 67.6 Å². The van der Waals surface area contributed by atoms with E-state index in [-0.39, 0.29) is 55.0 Å². The van der Waals surface area contributed by atoms with Crippen molar-refractivity contribution in [2.45, 2.75) is 47.2 Å². The molecule has 8 rings (SSSR count). The summed E-state index contributed by atoms with van der Waals surface area (Å²) in [6, 6.07) is 29.3. The maximum absolute atomic E-state index is 12.7. The van der Waals surface area contributed by atoms with Crippen molar-refractivity contribution in [3.8, 4) is 12.1 Å². The zero-order valence-electron chi connectivity index (χ0n) is 35.5. The van der Waals surface area contributed by atoms with Crippen LogP contribution in [0.25, 0.3) is 21.8 Å². The number of aromatic carboxylic acids is 1. The molecule has 2 aromatic carbocycles. The van der Waals surface area contributed by atoms with Crippen LogP contribution in [0.1, 0.15) is 84.3 Å². The van der Waals surface area contributed by atoms with Gasteiger partial charge in [0.25, 0.3) is 5.91 Å². The molecule has 15 nitrogen and oxygen atoms in total. The fourth-order valence-electron chi connectivity index (χ4n) is 6.54. The van der Waals surface area contributed by atoms with Gasteiger partial charge in [-0.15, -0.1) is 12.4 Å². The van der Waals surface area contributed by atoms with Crippen LogP contribution in [-0.4, -0.2) is 46.9 Å². The molecular weight excluding hydrogens is 911 g/mol. The first kappa shape index (κ1) is 51.8. The van der Waals surface area contributed by atoms with Gasteiger partial charge in [0.15, 0.2) is 0 Å². The first-order chi connectivity index (χ1) is 31.2. The smallest absolute Gasteiger partial charge is 0.335 e. The van der Waals surface area contributed by atoms with Gasteiger partial charge in [0.2, 0.25) is 0 Å². The molecule has 0 unspecified atom stereocenters. The highest BCUT2D eigenvalue weighted by Crippen LogP contribution is 2.22. The third-order valence-corrected chi connectivity index (χ3v) is 10.3. The van der Waals surface area contributed by atoms with Crippen LogP contribution in [0, 0.1) is 36.5 Å². The number of carboxylic acids is 1. The number of nitrogens with two attached hydrogens (primary N) is 3. The molecule has 0 aliphatic carbocycles. The van der Waals surface area contributed by atoms with E-state index in [0.717, 1.165) is 55.4 Å². The van der Waals surface area contributed by atoms with Crippen molar-refractivity contribution in [2.75, 3.05) is 11.5 Å². The summed E-state index contributed by atoms with van der Waals surface area (Å²) >= 11 is 12.0. The summed E-state index contributed by atoms with van der Waals surface area (Å²) in [7, 11) is 0. The number of rotatable bonds is 9. The molecule has 8 aromatic rings. The summed E-state index contributed by atoms with van der Waals surface area (Å²) in [4.78, 5) is 49.0. The Morgan fingerprint density at radius 1 is 0.672 bits per heavy atom. The molecule has 0 fully saturated rings. The number of hydrogen-bond donors (Lipinski definition) is 5. The molecular formula is C49H45Cl3N12O3. The quantitative estimate of drug-likeness (QED) is 0.0904. The van der Waals surface area contributed by atoms with Crippen LogP contribution >= 0.6 is 35.6 Å². The molecule has 340 valence electrons. The lowest BCUT2D eigenvalue weighted by Crippen LogP contribution is -2.24. The number of amides is 1. The van der Waals surface area contributed by atoms with Crippen molar-refractivity contribution < 1.29 is 14.7 Å². The lowest BCUT2D eigenvalue weighted by Gasteiger charge is -2.10. The number of fused-ring (bicyclic) bond motifs is 2. The monoisotopic (exact) mass is 954 g/mol. The summed E-state index contributed by atoms with van der Waals surface area (Å²) in [6.07, 6.45) is 7.49. The van der Waals surface area contributed by atoms with Crippen LogP contribution in [0.3, 0.4) is 0 Å². The summed E-state index contributed by atoms with van der Waals surface area (Å²) in [5.74, 6) is -0.733. The van der Waals surface area contributed by atoms with Crippen molar-refractivity contribution in [3.63, 3.8) is 0 Å². The van der Waals surface area contributed by atoms with Gasteiger partial charge >= 0.3 is 5.97 Å². The normalized spacial score (nSPS) is 10.1. The zero-order chi connectivity index (χ0) is 46.6.